The predicted octanol–water partition coefficient (Wildman–Crippen LogP) is 7.40. The van der Waals surface area contributed by atoms with Crippen molar-refractivity contribution < 1.29 is 14.0 Å². The van der Waals surface area contributed by atoms with Crippen molar-refractivity contribution in [1.82, 2.24) is 10.2 Å². The minimum atomic E-state index is -0.457. The summed E-state index contributed by atoms with van der Waals surface area (Å²) < 4.78 is 18.1. The summed E-state index contributed by atoms with van der Waals surface area (Å²) in [6, 6.07) is 29.9. The van der Waals surface area contributed by atoms with Crippen LogP contribution in [0.4, 0.5) is 0 Å². The molecule has 0 aliphatic carbocycles. The van der Waals surface area contributed by atoms with Crippen LogP contribution in [-0.4, -0.2) is 23.0 Å². The van der Waals surface area contributed by atoms with Crippen LogP contribution in [0, 0.1) is 0 Å². The van der Waals surface area contributed by atoms with Crippen LogP contribution in [0.2, 0.25) is 5.02 Å². The maximum absolute atomic E-state index is 6.65. The van der Waals surface area contributed by atoms with E-state index in [2.05, 4.69) is 22.3 Å². The lowest BCUT2D eigenvalue weighted by molar-refractivity contribution is -0.0208. The average Bonchev–Trinajstić information content (AvgIpc) is 3.58. The van der Waals surface area contributed by atoms with Crippen LogP contribution in [0.1, 0.15) is 35.4 Å². The molecule has 6 nitrogen and oxygen atoms in total. The molecular weight excluding hydrogens is 486 g/mol. The Morgan fingerprint density at radius 3 is 2.57 bits per heavy atom. The van der Waals surface area contributed by atoms with Crippen molar-refractivity contribution in [3.63, 3.8) is 0 Å². The van der Waals surface area contributed by atoms with Gasteiger partial charge in [0.15, 0.2) is 17.3 Å². The van der Waals surface area contributed by atoms with Crippen molar-refractivity contribution in [2.75, 3.05) is 7.11 Å². The van der Waals surface area contributed by atoms with Gasteiger partial charge in [0, 0.05) is 28.1 Å². The summed E-state index contributed by atoms with van der Waals surface area (Å²) in [5.41, 5.74) is 5.81. The summed E-state index contributed by atoms with van der Waals surface area (Å²) in [7, 11) is 1.67. The highest BCUT2D eigenvalue weighted by molar-refractivity contribution is 6.30. The number of ether oxygens (including phenoxy) is 2. The standard InChI is InChI=1S/C30H22ClN3O3/c1-35-27-9-5-8-22-26-17-25(18-10-13-21(31)14-11-18)32-34(26)30(36-29(22)27)20-12-15-24-23(16-20)28(37-33-24)19-6-3-2-4-7-19/h2-16,26,30H,17H2,1H3. The molecule has 0 radical (unpaired) electrons. The van der Waals surface area contributed by atoms with Crippen LogP contribution < -0.4 is 9.47 Å². The van der Waals surface area contributed by atoms with E-state index in [-0.39, 0.29) is 6.04 Å². The van der Waals surface area contributed by atoms with Crippen LogP contribution >= 0.6 is 11.6 Å². The fourth-order valence-electron chi connectivity index (χ4n) is 5.19. The summed E-state index contributed by atoms with van der Waals surface area (Å²) in [4.78, 5) is 0. The van der Waals surface area contributed by atoms with E-state index in [9.17, 15) is 0 Å². The third-order valence-electron chi connectivity index (χ3n) is 7.00. The maximum Gasteiger partial charge on any atom is 0.214 e. The maximum atomic E-state index is 6.65. The number of halogens is 1. The first-order chi connectivity index (χ1) is 18.2. The first-order valence-electron chi connectivity index (χ1n) is 12.1. The molecule has 3 heterocycles. The molecule has 0 N–H and O–H groups in total. The Morgan fingerprint density at radius 1 is 0.919 bits per heavy atom. The van der Waals surface area contributed by atoms with Crippen molar-refractivity contribution in [2.45, 2.75) is 18.7 Å². The Kier molecular flexibility index (Phi) is 5.15. The van der Waals surface area contributed by atoms with Crippen molar-refractivity contribution in [3.8, 4) is 22.8 Å². The number of aromatic nitrogens is 1. The number of rotatable bonds is 4. The molecule has 0 fully saturated rings. The SMILES string of the molecule is COc1cccc2c1OC(c1ccc3noc(-c4ccccc4)c3c1)N1N=C(c3ccc(Cl)cc3)CC21. The highest BCUT2D eigenvalue weighted by Gasteiger charge is 2.42. The summed E-state index contributed by atoms with van der Waals surface area (Å²) in [5.74, 6) is 2.19. The van der Waals surface area contributed by atoms with Gasteiger partial charge < -0.3 is 14.0 Å². The molecule has 0 spiro atoms. The quantitative estimate of drug-likeness (QED) is 0.253. The van der Waals surface area contributed by atoms with E-state index in [1.54, 1.807) is 7.11 Å². The molecule has 0 saturated heterocycles. The molecule has 0 amide bonds. The van der Waals surface area contributed by atoms with Crippen molar-refractivity contribution in [2.24, 2.45) is 5.10 Å². The Labute approximate surface area is 218 Å². The number of fused-ring (bicyclic) bond motifs is 4. The Hall–Kier alpha value is -4.29. The molecule has 0 bridgehead atoms. The zero-order chi connectivity index (χ0) is 24.9. The molecule has 2 atom stereocenters. The van der Waals surface area contributed by atoms with Gasteiger partial charge in [-0.15, -0.1) is 0 Å². The molecular formula is C30H22ClN3O3. The fourth-order valence-corrected chi connectivity index (χ4v) is 5.32. The lowest BCUT2D eigenvalue weighted by Gasteiger charge is -2.38. The lowest BCUT2D eigenvalue weighted by Crippen LogP contribution is -2.33. The van der Waals surface area contributed by atoms with Gasteiger partial charge in [0.1, 0.15) is 5.52 Å². The molecule has 7 rings (SSSR count). The summed E-state index contributed by atoms with van der Waals surface area (Å²) in [5, 5.41) is 13.0. The normalized spacial score (nSPS) is 18.2. The van der Waals surface area contributed by atoms with Gasteiger partial charge in [-0.25, -0.2) is 5.01 Å². The zero-order valence-corrected chi connectivity index (χ0v) is 20.7. The molecule has 2 aliphatic rings. The number of hydrazone groups is 1. The molecule has 5 aromatic rings. The highest BCUT2D eigenvalue weighted by Crippen LogP contribution is 2.51. The largest absolute Gasteiger partial charge is 0.493 e. The van der Waals surface area contributed by atoms with Crippen molar-refractivity contribution >= 4 is 28.2 Å². The fraction of sp³-hybridized carbons (Fsp3) is 0.133. The second kappa shape index (κ2) is 8.68. The second-order valence-corrected chi connectivity index (χ2v) is 9.59. The number of hydrogen-bond donors (Lipinski definition) is 0. The lowest BCUT2D eigenvalue weighted by atomic mass is 9.95. The van der Waals surface area contributed by atoms with Gasteiger partial charge in [-0.05, 0) is 35.9 Å². The molecule has 7 heteroatoms. The third-order valence-corrected chi connectivity index (χ3v) is 7.25. The molecule has 0 saturated carbocycles. The Morgan fingerprint density at radius 2 is 1.76 bits per heavy atom. The zero-order valence-electron chi connectivity index (χ0n) is 20.0. The van der Waals surface area contributed by atoms with Gasteiger partial charge >= 0.3 is 0 Å². The number of methoxy groups -OCH3 is 1. The van der Waals surface area contributed by atoms with E-state index in [1.807, 2.05) is 78.9 Å². The molecule has 37 heavy (non-hydrogen) atoms. The molecule has 4 aromatic carbocycles. The average molecular weight is 508 g/mol. The Bertz CT molecular complexity index is 1650. The molecule has 2 aliphatic heterocycles. The monoisotopic (exact) mass is 507 g/mol. The van der Waals surface area contributed by atoms with E-state index in [0.29, 0.717) is 10.8 Å². The van der Waals surface area contributed by atoms with E-state index in [1.165, 1.54) is 0 Å². The Balaban J connectivity index is 1.36. The molecule has 1 aromatic heterocycles. The van der Waals surface area contributed by atoms with Crippen LogP contribution in [0.5, 0.6) is 11.5 Å². The first-order valence-corrected chi connectivity index (χ1v) is 12.5. The van der Waals surface area contributed by atoms with Crippen LogP contribution in [0.15, 0.2) is 101 Å². The summed E-state index contributed by atoms with van der Waals surface area (Å²) in [6.07, 6.45) is 0.286. The number of para-hydroxylation sites is 1. The minimum absolute atomic E-state index is 0.00120. The van der Waals surface area contributed by atoms with Crippen molar-refractivity contribution in [1.29, 1.82) is 0 Å². The smallest absolute Gasteiger partial charge is 0.214 e. The predicted molar refractivity (Wildman–Crippen MR) is 143 cm³/mol. The van der Waals surface area contributed by atoms with Crippen LogP contribution in [0.3, 0.4) is 0 Å². The molecule has 182 valence electrons. The van der Waals surface area contributed by atoms with Crippen LogP contribution in [-0.2, 0) is 0 Å². The summed E-state index contributed by atoms with van der Waals surface area (Å²) in [6.45, 7) is 0. The minimum Gasteiger partial charge on any atom is -0.493 e. The first kappa shape index (κ1) is 21.9. The number of hydrogen-bond acceptors (Lipinski definition) is 6. The van der Waals surface area contributed by atoms with E-state index >= 15 is 0 Å². The van der Waals surface area contributed by atoms with Crippen molar-refractivity contribution in [3.05, 3.63) is 113 Å². The van der Waals surface area contributed by atoms with Gasteiger partial charge in [-0.3, -0.25) is 0 Å². The summed E-state index contributed by atoms with van der Waals surface area (Å²) >= 11 is 6.14. The van der Waals surface area contributed by atoms with Gasteiger partial charge in [-0.1, -0.05) is 77.4 Å². The highest BCUT2D eigenvalue weighted by atomic mass is 35.5. The van der Waals surface area contributed by atoms with Crippen LogP contribution in [0.25, 0.3) is 22.2 Å². The topological polar surface area (TPSA) is 60.1 Å². The molecule has 2 unspecified atom stereocenters. The van der Waals surface area contributed by atoms with E-state index < -0.39 is 6.23 Å². The van der Waals surface area contributed by atoms with Gasteiger partial charge in [-0.2, -0.15) is 5.10 Å². The van der Waals surface area contributed by atoms with E-state index in [0.717, 1.165) is 56.8 Å². The van der Waals surface area contributed by atoms with Gasteiger partial charge in [0.25, 0.3) is 0 Å². The number of nitrogens with zero attached hydrogens (tertiary/aromatic N) is 3. The third kappa shape index (κ3) is 3.64. The number of benzene rings is 4. The van der Waals surface area contributed by atoms with Gasteiger partial charge in [0.05, 0.1) is 24.2 Å². The van der Waals surface area contributed by atoms with Gasteiger partial charge in [0.2, 0.25) is 6.23 Å². The van der Waals surface area contributed by atoms with E-state index in [4.69, 9.17) is 30.7 Å². The second-order valence-electron chi connectivity index (χ2n) is 9.16.